The SMILES string of the molecule is COC(=O)C(C)(C)C(c1ccc(Nc2ccc3c(c2)OCO3)cc1)n1ccnc1C. The van der Waals surface area contributed by atoms with Crippen LogP contribution in [0.15, 0.2) is 54.9 Å². The lowest BCUT2D eigenvalue weighted by molar-refractivity contribution is -0.152. The lowest BCUT2D eigenvalue weighted by atomic mass is 9.80. The largest absolute Gasteiger partial charge is 0.469 e. The first-order chi connectivity index (χ1) is 14.4. The number of aromatic nitrogens is 2. The molecule has 7 nitrogen and oxygen atoms in total. The summed E-state index contributed by atoms with van der Waals surface area (Å²) < 4.78 is 17.9. The zero-order valence-corrected chi connectivity index (χ0v) is 17.5. The summed E-state index contributed by atoms with van der Waals surface area (Å²) in [5.41, 5.74) is 2.04. The molecule has 0 spiro atoms. The van der Waals surface area contributed by atoms with Gasteiger partial charge in [0.25, 0.3) is 0 Å². The predicted octanol–water partition coefficient (Wildman–Crippen LogP) is 4.45. The highest BCUT2D eigenvalue weighted by molar-refractivity contribution is 5.77. The van der Waals surface area contributed by atoms with Crippen molar-refractivity contribution < 1.29 is 19.0 Å². The highest BCUT2D eigenvalue weighted by Crippen LogP contribution is 2.39. The normalized spacial score (nSPS) is 13.7. The number of carbonyl (C=O) groups excluding carboxylic acids is 1. The van der Waals surface area contributed by atoms with Gasteiger partial charge in [0, 0.05) is 29.8 Å². The molecule has 1 aliphatic heterocycles. The number of hydrogen-bond acceptors (Lipinski definition) is 6. The molecule has 0 saturated carbocycles. The molecule has 0 amide bonds. The van der Waals surface area contributed by atoms with E-state index in [4.69, 9.17) is 14.2 Å². The van der Waals surface area contributed by atoms with Crippen molar-refractivity contribution in [2.24, 2.45) is 5.41 Å². The van der Waals surface area contributed by atoms with Gasteiger partial charge in [-0.15, -0.1) is 0 Å². The van der Waals surface area contributed by atoms with Gasteiger partial charge in [-0.2, -0.15) is 0 Å². The van der Waals surface area contributed by atoms with Crippen molar-refractivity contribution in [1.82, 2.24) is 9.55 Å². The van der Waals surface area contributed by atoms with Crippen molar-refractivity contribution in [2.45, 2.75) is 26.8 Å². The highest BCUT2D eigenvalue weighted by Gasteiger charge is 2.40. The Hall–Kier alpha value is -3.48. The fraction of sp³-hybridized carbons (Fsp3) is 0.304. The Morgan fingerprint density at radius 3 is 2.50 bits per heavy atom. The fourth-order valence-electron chi connectivity index (χ4n) is 3.85. The van der Waals surface area contributed by atoms with Crippen LogP contribution in [-0.4, -0.2) is 29.4 Å². The standard InChI is InChI=1S/C23H25N3O4/c1-15-24-11-12-26(15)21(23(2,3)22(27)28-4)16-5-7-17(8-6-16)25-18-9-10-19-20(13-18)30-14-29-19/h5-13,21,25H,14H2,1-4H3. The minimum atomic E-state index is -0.785. The van der Waals surface area contributed by atoms with Gasteiger partial charge in [0.2, 0.25) is 6.79 Å². The van der Waals surface area contributed by atoms with Gasteiger partial charge >= 0.3 is 5.97 Å². The van der Waals surface area contributed by atoms with Gasteiger partial charge in [-0.1, -0.05) is 12.1 Å². The van der Waals surface area contributed by atoms with E-state index < -0.39 is 5.41 Å². The Balaban J connectivity index is 1.63. The van der Waals surface area contributed by atoms with Gasteiger partial charge in [-0.3, -0.25) is 4.79 Å². The van der Waals surface area contributed by atoms with Crippen LogP contribution in [0.25, 0.3) is 0 Å². The van der Waals surface area contributed by atoms with Crippen molar-refractivity contribution in [3.63, 3.8) is 0 Å². The molecule has 0 radical (unpaired) electrons. The smallest absolute Gasteiger partial charge is 0.313 e. The van der Waals surface area contributed by atoms with Crippen molar-refractivity contribution in [1.29, 1.82) is 0 Å². The third-order valence-corrected chi connectivity index (χ3v) is 5.42. The third-order valence-electron chi connectivity index (χ3n) is 5.42. The summed E-state index contributed by atoms with van der Waals surface area (Å²) in [6, 6.07) is 13.5. The fourth-order valence-corrected chi connectivity index (χ4v) is 3.85. The summed E-state index contributed by atoms with van der Waals surface area (Å²) in [4.78, 5) is 16.9. The molecule has 2 heterocycles. The molecule has 1 N–H and O–H groups in total. The van der Waals surface area contributed by atoms with Gasteiger partial charge in [-0.05, 0) is 50.6 Å². The van der Waals surface area contributed by atoms with Crippen LogP contribution in [0.1, 0.15) is 31.3 Å². The monoisotopic (exact) mass is 407 g/mol. The Bertz CT molecular complexity index is 1060. The van der Waals surface area contributed by atoms with Crippen LogP contribution >= 0.6 is 0 Å². The molecule has 1 unspecified atom stereocenters. The van der Waals surface area contributed by atoms with Gasteiger partial charge in [-0.25, -0.2) is 4.98 Å². The summed E-state index contributed by atoms with van der Waals surface area (Å²) in [6.45, 7) is 5.96. The zero-order chi connectivity index (χ0) is 21.3. The molecule has 1 aliphatic rings. The number of nitrogens with zero attached hydrogens (tertiary/aromatic N) is 2. The number of nitrogens with one attached hydrogen (secondary N) is 1. The van der Waals surface area contributed by atoms with Crippen LogP contribution in [0, 0.1) is 12.3 Å². The maximum atomic E-state index is 12.6. The number of fused-ring (bicyclic) bond motifs is 1. The van der Waals surface area contributed by atoms with E-state index >= 15 is 0 Å². The predicted molar refractivity (Wildman–Crippen MR) is 113 cm³/mol. The van der Waals surface area contributed by atoms with E-state index in [9.17, 15) is 4.79 Å². The van der Waals surface area contributed by atoms with Crippen molar-refractivity contribution in [3.05, 3.63) is 66.2 Å². The van der Waals surface area contributed by atoms with Crippen LogP contribution in [-0.2, 0) is 9.53 Å². The summed E-state index contributed by atoms with van der Waals surface area (Å²) in [6.07, 6.45) is 3.63. The summed E-state index contributed by atoms with van der Waals surface area (Å²) >= 11 is 0. The number of rotatable bonds is 6. The van der Waals surface area contributed by atoms with E-state index in [0.717, 1.165) is 34.3 Å². The molecule has 0 bridgehead atoms. The molecule has 1 atom stereocenters. The first-order valence-electron chi connectivity index (χ1n) is 9.74. The minimum absolute atomic E-state index is 0.249. The number of hydrogen-bond donors (Lipinski definition) is 1. The van der Waals surface area contributed by atoms with Gasteiger partial charge < -0.3 is 24.1 Å². The summed E-state index contributed by atoms with van der Waals surface area (Å²) in [5, 5.41) is 3.37. The number of aryl methyl sites for hydroxylation is 1. The second-order valence-electron chi connectivity index (χ2n) is 7.81. The molecule has 7 heteroatoms. The van der Waals surface area contributed by atoms with Crippen LogP contribution in [0.3, 0.4) is 0 Å². The Kier molecular flexibility index (Phi) is 5.11. The molecule has 30 heavy (non-hydrogen) atoms. The third kappa shape index (κ3) is 3.58. The van der Waals surface area contributed by atoms with Crippen LogP contribution in [0.2, 0.25) is 0 Å². The number of carbonyl (C=O) groups is 1. The lowest BCUT2D eigenvalue weighted by Crippen LogP contribution is -2.36. The first-order valence-corrected chi connectivity index (χ1v) is 9.74. The lowest BCUT2D eigenvalue weighted by Gasteiger charge is -2.34. The topological polar surface area (TPSA) is 74.6 Å². The number of methoxy groups -OCH3 is 1. The minimum Gasteiger partial charge on any atom is -0.469 e. The van der Waals surface area contributed by atoms with E-state index in [-0.39, 0.29) is 18.8 Å². The average Bonchev–Trinajstić information content (AvgIpc) is 3.37. The Morgan fingerprint density at radius 1 is 1.13 bits per heavy atom. The van der Waals surface area contributed by atoms with Crippen LogP contribution < -0.4 is 14.8 Å². The Labute approximate surface area is 175 Å². The zero-order valence-electron chi connectivity index (χ0n) is 17.5. The number of ether oxygens (including phenoxy) is 3. The van der Waals surface area contributed by atoms with E-state index in [1.807, 2.05) is 74.0 Å². The highest BCUT2D eigenvalue weighted by atomic mass is 16.7. The maximum absolute atomic E-state index is 12.6. The number of imidazole rings is 1. The molecule has 0 fully saturated rings. The molecule has 1 aromatic heterocycles. The summed E-state index contributed by atoms with van der Waals surface area (Å²) in [7, 11) is 1.42. The number of benzene rings is 2. The van der Waals surface area contributed by atoms with Crippen LogP contribution in [0.5, 0.6) is 11.5 Å². The van der Waals surface area contributed by atoms with E-state index in [1.54, 1.807) is 6.20 Å². The molecule has 156 valence electrons. The van der Waals surface area contributed by atoms with Gasteiger partial charge in [0.1, 0.15) is 5.82 Å². The van der Waals surface area contributed by atoms with Gasteiger partial charge in [0.05, 0.1) is 18.6 Å². The first kappa shape index (κ1) is 19.8. The number of esters is 1. The maximum Gasteiger partial charge on any atom is 0.313 e. The molecule has 3 aromatic rings. The quantitative estimate of drug-likeness (QED) is 0.609. The molecule has 2 aromatic carbocycles. The summed E-state index contributed by atoms with van der Waals surface area (Å²) in [5.74, 6) is 2.04. The molecule has 4 rings (SSSR count). The molecular formula is C23H25N3O4. The van der Waals surface area contributed by atoms with Crippen molar-refractivity contribution in [3.8, 4) is 11.5 Å². The second-order valence-corrected chi connectivity index (χ2v) is 7.81. The molecular weight excluding hydrogens is 382 g/mol. The van der Waals surface area contributed by atoms with E-state index in [1.165, 1.54) is 7.11 Å². The van der Waals surface area contributed by atoms with Crippen molar-refractivity contribution in [2.75, 3.05) is 19.2 Å². The second kappa shape index (κ2) is 7.74. The van der Waals surface area contributed by atoms with Crippen molar-refractivity contribution >= 4 is 17.3 Å². The number of anilines is 2. The van der Waals surface area contributed by atoms with Crippen LogP contribution in [0.4, 0.5) is 11.4 Å². The average molecular weight is 407 g/mol. The van der Waals surface area contributed by atoms with E-state index in [2.05, 4.69) is 10.3 Å². The van der Waals surface area contributed by atoms with E-state index in [0.29, 0.717) is 0 Å². The molecule has 0 aliphatic carbocycles. The Morgan fingerprint density at radius 2 is 1.83 bits per heavy atom. The molecule has 0 saturated heterocycles. The van der Waals surface area contributed by atoms with Gasteiger partial charge in [0.15, 0.2) is 11.5 Å².